The zero-order chi connectivity index (χ0) is 13.3. The predicted octanol–water partition coefficient (Wildman–Crippen LogP) is 0.903. The predicted molar refractivity (Wildman–Crippen MR) is 65.8 cm³/mol. The van der Waals surface area contributed by atoms with Gasteiger partial charge in [0.1, 0.15) is 17.2 Å². The molecule has 0 spiro atoms. The average molecular weight is 246 g/mol. The lowest BCUT2D eigenvalue weighted by Gasteiger charge is -2.05. The highest BCUT2D eigenvalue weighted by Crippen LogP contribution is 2.25. The maximum absolute atomic E-state index is 7.32. The molecule has 18 heavy (non-hydrogen) atoms. The molecule has 0 amide bonds. The fourth-order valence-electron chi connectivity index (χ4n) is 1.53. The number of rotatable bonds is 3. The molecule has 0 aromatic carbocycles. The fourth-order valence-corrected chi connectivity index (χ4v) is 1.53. The number of ether oxygens (including phenoxy) is 1. The van der Waals surface area contributed by atoms with E-state index < -0.39 is 0 Å². The smallest absolute Gasteiger partial charge is 0.322 e. The molecule has 0 bridgehead atoms. The molecule has 0 saturated carbocycles. The van der Waals surface area contributed by atoms with Crippen molar-refractivity contribution in [1.29, 1.82) is 5.41 Å². The summed E-state index contributed by atoms with van der Waals surface area (Å²) in [5, 5.41) is 11.5. The van der Waals surface area contributed by atoms with E-state index in [4.69, 9.17) is 15.9 Å². The van der Waals surface area contributed by atoms with Crippen LogP contribution in [0, 0.1) is 19.3 Å². The number of nitrogens with two attached hydrogens (primary N) is 1. The van der Waals surface area contributed by atoms with Gasteiger partial charge in [-0.2, -0.15) is 10.1 Å². The number of hydrogen-bond donors (Lipinski definition) is 2. The third-order valence-corrected chi connectivity index (χ3v) is 2.55. The van der Waals surface area contributed by atoms with Crippen molar-refractivity contribution in [2.45, 2.75) is 13.8 Å². The minimum absolute atomic E-state index is 0.123. The molecule has 0 fully saturated rings. The molecular formula is C11H14N6O. The molecule has 0 radical (unpaired) electrons. The summed E-state index contributed by atoms with van der Waals surface area (Å²) < 4.78 is 7.32. The maximum atomic E-state index is 7.32. The van der Waals surface area contributed by atoms with E-state index in [1.807, 2.05) is 20.9 Å². The largest absolute Gasteiger partial charge is 0.420 e. The first-order valence-corrected chi connectivity index (χ1v) is 5.34. The van der Waals surface area contributed by atoms with Crippen LogP contribution in [-0.4, -0.2) is 25.6 Å². The van der Waals surface area contributed by atoms with Gasteiger partial charge >= 0.3 is 6.01 Å². The second-order valence-corrected chi connectivity index (χ2v) is 3.86. The third kappa shape index (κ3) is 2.15. The Morgan fingerprint density at radius 1 is 1.44 bits per heavy atom. The lowest BCUT2D eigenvalue weighted by molar-refractivity contribution is 0.434. The Kier molecular flexibility index (Phi) is 2.97. The summed E-state index contributed by atoms with van der Waals surface area (Å²) in [4.78, 5) is 8.03. The van der Waals surface area contributed by atoms with Gasteiger partial charge in [0.15, 0.2) is 5.75 Å². The standard InChI is InChI=1S/C11H14N6O/c1-6-9(7(2)17(3)16-6)18-11-14-5-4-8(15-11)10(12)13/h4-5H,1-3H3,(H3,12,13). The number of amidine groups is 1. The Balaban J connectivity index is 2.34. The van der Waals surface area contributed by atoms with E-state index in [0.29, 0.717) is 11.4 Å². The number of hydrogen-bond acceptors (Lipinski definition) is 5. The normalized spacial score (nSPS) is 10.4. The zero-order valence-electron chi connectivity index (χ0n) is 10.4. The van der Waals surface area contributed by atoms with Gasteiger partial charge in [-0.3, -0.25) is 10.1 Å². The Bertz CT molecular complexity index is 604. The monoisotopic (exact) mass is 246 g/mol. The van der Waals surface area contributed by atoms with Gasteiger partial charge < -0.3 is 10.5 Å². The first-order valence-electron chi connectivity index (χ1n) is 5.34. The van der Waals surface area contributed by atoms with Crippen LogP contribution in [0.25, 0.3) is 0 Å². The van der Waals surface area contributed by atoms with Crippen LogP contribution >= 0.6 is 0 Å². The first kappa shape index (κ1) is 12.0. The number of aromatic nitrogens is 4. The number of nitrogen functional groups attached to an aromatic ring is 1. The quantitative estimate of drug-likeness (QED) is 0.618. The highest BCUT2D eigenvalue weighted by atomic mass is 16.5. The van der Waals surface area contributed by atoms with Crippen molar-refractivity contribution in [3.8, 4) is 11.8 Å². The third-order valence-electron chi connectivity index (χ3n) is 2.55. The molecule has 0 aliphatic rings. The Labute approximate surface area is 104 Å². The average Bonchev–Trinajstić information content (AvgIpc) is 2.56. The highest BCUT2D eigenvalue weighted by molar-refractivity contribution is 5.92. The van der Waals surface area contributed by atoms with Crippen molar-refractivity contribution < 1.29 is 4.74 Å². The van der Waals surface area contributed by atoms with Crippen molar-refractivity contribution in [1.82, 2.24) is 19.7 Å². The summed E-state index contributed by atoms with van der Waals surface area (Å²) >= 11 is 0. The van der Waals surface area contributed by atoms with Crippen LogP contribution < -0.4 is 10.5 Å². The van der Waals surface area contributed by atoms with E-state index in [0.717, 1.165) is 11.4 Å². The van der Waals surface area contributed by atoms with Crippen LogP contribution in [0.4, 0.5) is 0 Å². The van der Waals surface area contributed by atoms with E-state index in [1.54, 1.807) is 10.7 Å². The van der Waals surface area contributed by atoms with Crippen LogP contribution in [0.1, 0.15) is 17.1 Å². The molecule has 0 aliphatic carbocycles. The van der Waals surface area contributed by atoms with Gasteiger partial charge in [0, 0.05) is 13.2 Å². The molecule has 0 aliphatic heterocycles. The van der Waals surface area contributed by atoms with E-state index >= 15 is 0 Å². The highest BCUT2D eigenvalue weighted by Gasteiger charge is 2.13. The van der Waals surface area contributed by atoms with Crippen LogP contribution in [0.3, 0.4) is 0 Å². The van der Waals surface area contributed by atoms with Gasteiger partial charge in [-0.15, -0.1) is 0 Å². The number of nitrogens with zero attached hydrogens (tertiary/aromatic N) is 4. The molecule has 94 valence electrons. The molecule has 3 N–H and O–H groups in total. The Morgan fingerprint density at radius 2 is 2.17 bits per heavy atom. The second-order valence-electron chi connectivity index (χ2n) is 3.86. The van der Waals surface area contributed by atoms with Gasteiger partial charge in [0.05, 0.1) is 5.69 Å². The molecule has 7 nitrogen and oxygen atoms in total. The molecule has 0 unspecified atom stereocenters. The van der Waals surface area contributed by atoms with Crippen molar-refractivity contribution in [3.05, 3.63) is 29.3 Å². The van der Waals surface area contributed by atoms with Gasteiger partial charge in [-0.25, -0.2) is 4.98 Å². The van der Waals surface area contributed by atoms with Crippen molar-refractivity contribution in [3.63, 3.8) is 0 Å². The molecule has 2 heterocycles. The maximum Gasteiger partial charge on any atom is 0.322 e. The number of aryl methyl sites for hydroxylation is 2. The summed E-state index contributed by atoms with van der Waals surface area (Å²) in [7, 11) is 1.84. The molecular weight excluding hydrogens is 232 g/mol. The van der Waals surface area contributed by atoms with Crippen molar-refractivity contribution in [2.75, 3.05) is 0 Å². The van der Waals surface area contributed by atoms with E-state index in [2.05, 4.69) is 15.1 Å². The minimum Gasteiger partial charge on any atom is -0.420 e. The molecule has 7 heteroatoms. The zero-order valence-corrected chi connectivity index (χ0v) is 10.4. The van der Waals surface area contributed by atoms with E-state index in [-0.39, 0.29) is 11.8 Å². The van der Waals surface area contributed by atoms with Gasteiger partial charge in [-0.1, -0.05) is 0 Å². The van der Waals surface area contributed by atoms with Gasteiger partial charge in [0.25, 0.3) is 0 Å². The van der Waals surface area contributed by atoms with E-state index in [1.165, 1.54) is 6.20 Å². The topological polar surface area (TPSA) is 103 Å². The molecule has 2 rings (SSSR count). The second kappa shape index (κ2) is 4.44. The minimum atomic E-state index is -0.123. The van der Waals surface area contributed by atoms with Crippen LogP contribution in [0.15, 0.2) is 12.3 Å². The summed E-state index contributed by atoms with van der Waals surface area (Å²) in [5.74, 6) is 0.500. The summed E-state index contributed by atoms with van der Waals surface area (Å²) in [6.07, 6.45) is 1.50. The SMILES string of the molecule is Cc1nn(C)c(C)c1Oc1nccc(C(=N)N)n1. The lowest BCUT2D eigenvalue weighted by Crippen LogP contribution is -2.13. The van der Waals surface area contributed by atoms with Crippen LogP contribution in [-0.2, 0) is 7.05 Å². The first-order chi connectivity index (χ1) is 8.49. The molecule has 2 aromatic rings. The molecule has 0 atom stereocenters. The summed E-state index contributed by atoms with van der Waals surface area (Å²) in [5.41, 5.74) is 7.33. The van der Waals surface area contributed by atoms with Gasteiger partial charge in [-0.05, 0) is 19.9 Å². The molecule has 2 aromatic heterocycles. The van der Waals surface area contributed by atoms with Crippen molar-refractivity contribution >= 4 is 5.84 Å². The Hall–Kier alpha value is -2.44. The summed E-state index contributed by atoms with van der Waals surface area (Å²) in [6, 6.07) is 1.71. The fraction of sp³-hybridized carbons (Fsp3) is 0.273. The number of nitrogens with one attached hydrogen (secondary N) is 1. The van der Waals surface area contributed by atoms with Gasteiger partial charge in [0.2, 0.25) is 0 Å². The van der Waals surface area contributed by atoms with Crippen LogP contribution in [0.5, 0.6) is 11.8 Å². The van der Waals surface area contributed by atoms with Crippen LogP contribution in [0.2, 0.25) is 0 Å². The Morgan fingerprint density at radius 3 is 2.72 bits per heavy atom. The lowest BCUT2D eigenvalue weighted by atomic mass is 10.3. The molecule has 0 saturated heterocycles. The van der Waals surface area contributed by atoms with Crippen molar-refractivity contribution in [2.24, 2.45) is 12.8 Å². The van der Waals surface area contributed by atoms with E-state index in [9.17, 15) is 0 Å². The summed E-state index contributed by atoms with van der Waals surface area (Å²) in [6.45, 7) is 3.74.